The molecule has 3 aliphatic rings. The van der Waals surface area contributed by atoms with Crippen LogP contribution in [-0.4, -0.2) is 85.6 Å². The Balaban J connectivity index is 1.15. The van der Waals surface area contributed by atoms with Gasteiger partial charge in [-0.2, -0.15) is 0 Å². The molecule has 4 rings (SSSR count). The van der Waals surface area contributed by atoms with Gasteiger partial charge in [-0.1, -0.05) is 30.7 Å². The Bertz CT molecular complexity index is 686. The van der Waals surface area contributed by atoms with E-state index in [4.69, 9.17) is 4.74 Å². The first-order valence-electron chi connectivity index (χ1n) is 12.5. The average molecular weight is 428 g/mol. The minimum atomic E-state index is 0.141. The summed E-state index contributed by atoms with van der Waals surface area (Å²) < 4.78 is 6.11. The van der Waals surface area contributed by atoms with E-state index in [1.165, 1.54) is 76.8 Å². The summed E-state index contributed by atoms with van der Waals surface area (Å²) >= 11 is 0. The number of piperazine rings is 1. The SMILES string of the molecule is CC(=O)c1ccc(CN2CCN3CCC(COCCCN4CCCCC4)CC3C2)cc1. The lowest BCUT2D eigenvalue weighted by Crippen LogP contribution is -2.56. The Morgan fingerprint density at radius 2 is 1.81 bits per heavy atom. The molecule has 0 N–H and O–H groups in total. The van der Waals surface area contributed by atoms with Crippen LogP contribution in [0.15, 0.2) is 24.3 Å². The van der Waals surface area contributed by atoms with Crippen LogP contribution in [0.25, 0.3) is 0 Å². The molecule has 0 saturated carbocycles. The Hall–Kier alpha value is -1.27. The number of carbonyl (C=O) groups is 1. The largest absolute Gasteiger partial charge is 0.381 e. The molecule has 172 valence electrons. The Labute approximate surface area is 188 Å². The van der Waals surface area contributed by atoms with Gasteiger partial charge in [-0.3, -0.25) is 14.6 Å². The predicted octanol–water partition coefficient (Wildman–Crippen LogP) is 3.68. The third kappa shape index (κ3) is 6.85. The molecule has 0 spiro atoms. The topological polar surface area (TPSA) is 36.0 Å². The van der Waals surface area contributed by atoms with Crippen LogP contribution in [0.5, 0.6) is 0 Å². The summed E-state index contributed by atoms with van der Waals surface area (Å²) in [6, 6.07) is 8.83. The number of piperidine rings is 2. The van der Waals surface area contributed by atoms with Crippen molar-refractivity contribution in [3.8, 4) is 0 Å². The fourth-order valence-corrected chi connectivity index (χ4v) is 5.55. The summed E-state index contributed by atoms with van der Waals surface area (Å²) in [4.78, 5) is 19.4. The van der Waals surface area contributed by atoms with Crippen LogP contribution < -0.4 is 0 Å². The minimum absolute atomic E-state index is 0.141. The number of carbonyl (C=O) groups excluding carboxylic acids is 1. The van der Waals surface area contributed by atoms with Crippen molar-refractivity contribution in [2.45, 2.75) is 58.0 Å². The van der Waals surface area contributed by atoms with Crippen molar-refractivity contribution in [2.75, 3.05) is 59.0 Å². The molecule has 2 atom stereocenters. The van der Waals surface area contributed by atoms with Gasteiger partial charge in [0.15, 0.2) is 5.78 Å². The molecule has 5 nitrogen and oxygen atoms in total. The van der Waals surface area contributed by atoms with Crippen molar-refractivity contribution >= 4 is 5.78 Å². The molecule has 3 saturated heterocycles. The maximum atomic E-state index is 11.5. The number of nitrogens with zero attached hydrogens (tertiary/aromatic N) is 3. The van der Waals surface area contributed by atoms with E-state index >= 15 is 0 Å². The van der Waals surface area contributed by atoms with Gasteiger partial charge in [0.25, 0.3) is 0 Å². The van der Waals surface area contributed by atoms with E-state index in [0.717, 1.165) is 38.4 Å². The Kier molecular flexibility index (Phi) is 8.54. The number of likely N-dealkylation sites (tertiary alicyclic amines) is 1. The van der Waals surface area contributed by atoms with Crippen molar-refractivity contribution in [1.29, 1.82) is 0 Å². The van der Waals surface area contributed by atoms with Crippen LogP contribution in [0.4, 0.5) is 0 Å². The van der Waals surface area contributed by atoms with Gasteiger partial charge in [0, 0.05) is 57.5 Å². The van der Waals surface area contributed by atoms with Crippen molar-refractivity contribution < 1.29 is 9.53 Å². The van der Waals surface area contributed by atoms with Gasteiger partial charge in [-0.25, -0.2) is 0 Å². The molecule has 3 aliphatic heterocycles. The van der Waals surface area contributed by atoms with Gasteiger partial charge in [0.2, 0.25) is 0 Å². The van der Waals surface area contributed by atoms with Gasteiger partial charge in [0.05, 0.1) is 0 Å². The third-order valence-corrected chi connectivity index (χ3v) is 7.45. The second-order valence-corrected chi connectivity index (χ2v) is 9.90. The van der Waals surface area contributed by atoms with E-state index in [0.29, 0.717) is 12.0 Å². The number of ketones is 1. The van der Waals surface area contributed by atoms with Gasteiger partial charge >= 0.3 is 0 Å². The first kappa shape index (κ1) is 22.9. The van der Waals surface area contributed by atoms with Crippen LogP contribution in [0.3, 0.4) is 0 Å². The summed E-state index contributed by atoms with van der Waals surface area (Å²) in [5, 5.41) is 0. The fourth-order valence-electron chi connectivity index (χ4n) is 5.55. The molecule has 0 bridgehead atoms. The van der Waals surface area contributed by atoms with E-state index in [1.807, 2.05) is 12.1 Å². The van der Waals surface area contributed by atoms with Crippen molar-refractivity contribution in [3.05, 3.63) is 35.4 Å². The monoisotopic (exact) mass is 427 g/mol. The summed E-state index contributed by atoms with van der Waals surface area (Å²) in [7, 11) is 0. The highest BCUT2D eigenvalue weighted by Crippen LogP contribution is 2.27. The maximum absolute atomic E-state index is 11.5. The number of Topliss-reactive ketones (excluding diaryl/α,β-unsaturated/α-hetero) is 1. The highest BCUT2D eigenvalue weighted by molar-refractivity contribution is 5.93. The zero-order chi connectivity index (χ0) is 21.5. The zero-order valence-corrected chi connectivity index (χ0v) is 19.4. The summed E-state index contributed by atoms with van der Waals surface area (Å²) in [5.41, 5.74) is 2.11. The molecule has 0 aliphatic carbocycles. The lowest BCUT2D eigenvalue weighted by atomic mass is 9.90. The van der Waals surface area contributed by atoms with Gasteiger partial charge in [-0.15, -0.1) is 0 Å². The molecular formula is C26H41N3O2. The number of hydrogen-bond donors (Lipinski definition) is 0. The Morgan fingerprint density at radius 3 is 2.58 bits per heavy atom. The fraction of sp³-hybridized carbons (Fsp3) is 0.731. The maximum Gasteiger partial charge on any atom is 0.159 e. The summed E-state index contributed by atoms with van der Waals surface area (Å²) in [5.74, 6) is 0.855. The average Bonchev–Trinajstić information content (AvgIpc) is 2.80. The van der Waals surface area contributed by atoms with E-state index in [1.54, 1.807) is 6.92 Å². The number of ether oxygens (including phenoxy) is 1. The molecule has 0 radical (unpaired) electrons. The van der Waals surface area contributed by atoms with Gasteiger partial charge in [-0.05, 0) is 70.1 Å². The molecule has 3 fully saturated rings. The molecular weight excluding hydrogens is 386 g/mol. The van der Waals surface area contributed by atoms with Gasteiger partial charge in [0.1, 0.15) is 0 Å². The number of hydrogen-bond acceptors (Lipinski definition) is 5. The predicted molar refractivity (Wildman–Crippen MR) is 126 cm³/mol. The number of rotatable bonds is 9. The first-order chi connectivity index (χ1) is 15.2. The van der Waals surface area contributed by atoms with Crippen LogP contribution in [0.2, 0.25) is 0 Å². The first-order valence-corrected chi connectivity index (χ1v) is 12.5. The Morgan fingerprint density at radius 1 is 1.00 bits per heavy atom. The summed E-state index contributed by atoms with van der Waals surface area (Å²) in [6.07, 6.45) is 7.90. The number of benzene rings is 1. The van der Waals surface area contributed by atoms with Crippen molar-refractivity contribution in [3.63, 3.8) is 0 Å². The molecule has 1 aromatic carbocycles. The van der Waals surface area contributed by atoms with Crippen molar-refractivity contribution in [2.24, 2.45) is 5.92 Å². The highest BCUT2D eigenvalue weighted by Gasteiger charge is 2.33. The molecule has 0 aromatic heterocycles. The number of fused-ring (bicyclic) bond motifs is 1. The highest BCUT2D eigenvalue weighted by atomic mass is 16.5. The second-order valence-electron chi connectivity index (χ2n) is 9.90. The molecule has 1 aromatic rings. The van der Waals surface area contributed by atoms with Crippen LogP contribution >= 0.6 is 0 Å². The molecule has 3 heterocycles. The molecule has 31 heavy (non-hydrogen) atoms. The molecule has 5 heteroatoms. The zero-order valence-electron chi connectivity index (χ0n) is 19.4. The third-order valence-electron chi connectivity index (χ3n) is 7.45. The van der Waals surface area contributed by atoms with Crippen LogP contribution in [0, 0.1) is 5.92 Å². The van der Waals surface area contributed by atoms with Gasteiger partial charge < -0.3 is 9.64 Å². The summed E-state index contributed by atoms with van der Waals surface area (Å²) in [6.45, 7) is 13.0. The lowest BCUT2D eigenvalue weighted by molar-refractivity contribution is -0.000116. The van der Waals surface area contributed by atoms with E-state index in [9.17, 15) is 4.79 Å². The second kappa shape index (κ2) is 11.6. The van der Waals surface area contributed by atoms with E-state index in [-0.39, 0.29) is 5.78 Å². The van der Waals surface area contributed by atoms with E-state index in [2.05, 4.69) is 26.8 Å². The lowest BCUT2D eigenvalue weighted by Gasteiger charge is -2.46. The standard InChI is InChI=1S/C26H41N3O2/c1-22(30)25-8-6-23(7-9-25)19-28-15-16-29-14-10-24(18-26(29)20-28)21-31-17-5-13-27-11-3-2-4-12-27/h6-9,24,26H,2-5,10-21H2,1H3. The molecule has 0 amide bonds. The smallest absolute Gasteiger partial charge is 0.159 e. The van der Waals surface area contributed by atoms with Crippen molar-refractivity contribution in [1.82, 2.24) is 14.7 Å². The quantitative estimate of drug-likeness (QED) is 0.444. The van der Waals surface area contributed by atoms with Crippen LogP contribution in [0.1, 0.15) is 61.4 Å². The minimum Gasteiger partial charge on any atom is -0.381 e. The normalized spacial score (nSPS) is 26.0. The molecule has 2 unspecified atom stereocenters. The van der Waals surface area contributed by atoms with Crippen LogP contribution in [-0.2, 0) is 11.3 Å². The van der Waals surface area contributed by atoms with E-state index < -0.39 is 0 Å².